The Morgan fingerprint density at radius 3 is 2.84 bits per heavy atom. The first-order valence-electron chi connectivity index (χ1n) is 6.60. The molecule has 0 spiro atoms. The van der Waals surface area contributed by atoms with Crippen molar-refractivity contribution in [1.29, 1.82) is 0 Å². The van der Waals surface area contributed by atoms with E-state index in [1.165, 1.54) is 0 Å². The van der Waals surface area contributed by atoms with Gasteiger partial charge in [0.25, 0.3) is 0 Å². The standard InChI is InChI=1S/C14H21N3O2/c1-16-8-9-17(11-14(16)18)7-4-10-19-13-6-3-2-5-12(13)15/h2-3,5-6H,4,7-11,15H2,1H3. The molecule has 5 nitrogen and oxygen atoms in total. The van der Waals surface area contributed by atoms with Crippen LogP contribution in [0.4, 0.5) is 5.69 Å². The molecule has 1 aromatic carbocycles. The molecule has 1 aromatic rings. The van der Waals surface area contributed by atoms with E-state index in [2.05, 4.69) is 4.90 Å². The Morgan fingerprint density at radius 1 is 1.32 bits per heavy atom. The fraction of sp³-hybridized carbons (Fsp3) is 0.500. The van der Waals surface area contributed by atoms with Gasteiger partial charge in [0.05, 0.1) is 18.8 Å². The van der Waals surface area contributed by atoms with E-state index in [4.69, 9.17) is 10.5 Å². The van der Waals surface area contributed by atoms with Gasteiger partial charge in [0, 0.05) is 26.7 Å². The van der Waals surface area contributed by atoms with E-state index in [-0.39, 0.29) is 5.91 Å². The number of ether oxygens (including phenoxy) is 1. The molecule has 0 atom stereocenters. The van der Waals surface area contributed by atoms with Gasteiger partial charge in [-0.3, -0.25) is 9.69 Å². The second-order valence-corrected chi connectivity index (χ2v) is 4.83. The van der Waals surface area contributed by atoms with E-state index in [1.807, 2.05) is 31.3 Å². The number of nitrogen functional groups attached to an aromatic ring is 1. The summed E-state index contributed by atoms with van der Waals surface area (Å²) in [5, 5.41) is 0. The predicted octanol–water partition coefficient (Wildman–Crippen LogP) is 0.812. The number of carbonyl (C=O) groups is 1. The number of hydrogen-bond acceptors (Lipinski definition) is 4. The molecule has 0 unspecified atom stereocenters. The number of rotatable bonds is 5. The molecule has 0 bridgehead atoms. The van der Waals surface area contributed by atoms with Crippen LogP contribution in [-0.2, 0) is 4.79 Å². The van der Waals surface area contributed by atoms with E-state index < -0.39 is 0 Å². The zero-order valence-electron chi connectivity index (χ0n) is 11.3. The number of carbonyl (C=O) groups excluding carboxylic acids is 1. The minimum atomic E-state index is 0.194. The van der Waals surface area contributed by atoms with E-state index in [1.54, 1.807) is 4.90 Å². The number of para-hydroxylation sites is 2. The number of hydrogen-bond donors (Lipinski definition) is 1. The minimum absolute atomic E-state index is 0.194. The van der Waals surface area contributed by atoms with Crippen molar-refractivity contribution in [2.75, 3.05) is 45.6 Å². The summed E-state index contributed by atoms with van der Waals surface area (Å²) in [6.07, 6.45) is 0.894. The van der Waals surface area contributed by atoms with Crippen LogP contribution in [0, 0.1) is 0 Å². The van der Waals surface area contributed by atoms with Crippen LogP contribution in [0.3, 0.4) is 0 Å². The highest BCUT2D eigenvalue weighted by Gasteiger charge is 2.20. The Balaban J connectivity index is 1.67. The minimum Gasteiger partial charge on any atom is -0.491 e. The van der Waals surface area contributed by atoms with Gasteiger partial charge < -0.3 is 15.4 Å². The number of piperazine rings is 1. The number of amides is 1. The first-order chi connectivity index (χ1) is 9.16. The maximum absolute atomic E-state index is 11.5. The molecule has 1 fully saturated rings. The predicted molar refractivity (Wildman–Crippen MR) is 75.0 cm³/mol. The summed E-state index contributed by atoms with van der Waals surface area (Å²) in [6.45, 7) is 3.77. The van der Waals surface area contributed by atoms with Gasteiger partial charge in [0.1, 0.15) is 5.75 Å². The van der Waals surface area contributed by atoms with Gasteiger partial charge in [-0.25, -0.2) is 0 Å². The molecule has 1 aliphatic rings. The van der Waals surface area contributed by atoms with Crippen molar-refractivity contribution in [1.82, 2.24) is 9.80 Å². The lowest BCUT2D eigenvalue weighted by Gasteiger charge is -2.31. The quantitative estimate of drug-likeness (QED) is 0.631. The Bertz CT molecular complexity index is 436. The van der Waals surface area contributed by atoms with Gasteiger partial charge in [-0.2, -0.15) is 0 Å². The van der Waals surface area contributed by atoms with Crippen LogP contribution in [0.5, 0.6) is 5.75 Å². The molecule has 5 heteroatoms. The fourth-order valence-electron chi connectivity index (χ4n) is 2.08. The van der Waals surface area contributed by atoms with E-state index >= 15 is 0 Å². The number of nitrogens with zero attached hydrogens (tertiary/aromatic N) is 2. The molecule has 19 heavy (non-hydrogen) atoms. The summed E-state index contributed by atoms with van der Waals surface area (Å²) in [6, 6.07) is 7.49. The lowest BCUT2D eigenvalue weighted by Crippen LogP contribution is -2.48. The first kappa shape index (κ1) is 13.7. The summed E-state index contributed by atoms with van der Waals surface area (Å²) in [4.78, 5) is 15.5. The highest BCUT2D eigenvalue weighted by Crippen LogP contribution is 2.19. The molecular formula is C14H21N3O2. The third-order valence-electron chi connectivity index (χ3n) is 3.33. The topological polar surface area (TPSA) is 58.8 Å². The third kappa shape index (κ3) is 3.86. The molecule has 1 saturated heterocycles. The summed E-state index contributed by atoms with van der Waals surface area (Å²) in [5.41, 5.74) is 6.46. The molecule has 1 aliphatic heterocycles. The van der Waals surface area contributed by atoms with Crippen LogP contribution in [0.15, 0.2) is 24.3 Å². The van der Waals surface area contributed by atoms with Crippen molar-refractivity contribution in [2.45, 2.75) is 6.42 Å². The summed E-state index contributed by atoms with van der Waals surface area (Å²) in [7, 11) is 1.85. The van der Waals surface area contributed by atoms with Crippen molar-refractivity contribution < 1.29 is 9.53 Å². The molecule has 0 radical (unpaired) electrons. The molecule has 104 valence electrons. The van der Waals surface area contributed by atoms with Crippen LogP contribution in [-0.4, -0.2) is 55.5 Å². The van der Waals surface area contributed by atoms with Crippen molar-refractivity contribution in [3.05, 3.63) is 24.3 Å². The maximum Gasteiger partial charge on any atom is 0.236 e. The lowest BCUT2D eigenvalue weighted by atomic mass is 10.3. The molecule has 2 rings (SSSR count). The molecule has 1 heterocycles. The summed E-state index contributed by atoms with van der Waals surface area (Å²) < 4.78 is 5.63. The van der Waals surface area contributed by atoms with E-state index in [0.717, 1.165) is 31.8 Å². The number of benzene rings is 1. The largest absolute Gasteiger partial charge is 0.491 e. The third-order valence-corrected chi connectivity index (χ3v) is 3.33. The molecule has 2 N–H and O–H groups in total. The zero-order valence-corrected chi connectivity index (χ0v) is 11.3. The highest BCUT2D eigenvalue weighted by atomic mass is 16.5. The molecule has 0 aromatic heterocycles. The molecule has 0 aliphatic carbocycles. The second kappa shape index (κ2) is 6.43. The van der Waals surface area contributed by atoms with Gasteiger partial charge in [0.15, 0.2) is 0 Å². The van der Waals surface area contributed by atoms with Crippen LogP contribution in [0.25, 0.3) is 0 Å². The van der Waals surface area contributed by atoms with Gasteiger partial charge in [-0.1, -0.05) is 12.1 Å². The van der Waals surface area contributed by atoms with Gasteiger partial charge in [0.2, 0.25) is 5.91 Å². The van der Waals surface area contributed by atoms with Gasteiger partial charge in [-0.05, 0) is 18.6 Å². The average Bonchev–Trinajstić information content (AvgIpc) is 2.40. The van der Waals surface area contributed by atoms with E-state index in [9.17, 15) is 4.79 Å². The number of likely N-dealkylation sites (N-methyl/N-ethyl adjacent to an activating group) is 1. The van der Waals surface area contributed by atoms with Crippen molar-refractivity contribution in [3.8, 4) is 5.75 Å². The Morgan fingerprint density at radius 2 is 2.11 bits per heavy atom. The van der Waals surface area contributed by atoms with Gasteiger partial charge in [-0.15, -0.1) is 0 Å². The second-order valence-electron chi connectivity index (χ2n) is 4.83. The van der Waals surface area contributed by atoms with Crippen molar-refractivity contribution >= 4 is 11.6 Å². The smallest absolute Gasteiger partial charge is 0.236 e. The summed E-state index contributed by atoms with van der Waals surface area (Å²) >= 11 is 0. The number of nitrogens with two attached hydrogens (primary N) is 1. The normalized spacial score (nSPS) is 16.7. The van der Waals surface area contributed by atoms with Crippen molar-refractivity contribution in [3.63, 3.8) is 0 Å². The highest BCUT2D eigenvalue weighted by molar-refractivity contribution is 5.78. The van der Waals surface area contributed by atoms with Crippen LogP contribution < -0.4 is 10.5 Å². The molecule has 1 amide bonds. The van der Waals surface area contributed by atoms with Gasteiger partial charge >= 0.3 is 0 Å². The van der Waals surface area contributed by atoms with Crippen LogP contribution >= 0.6 is 0 Å². The maximum atomic E-state index is 11.5. The Hall–Kier alpha value is -1.75. The molecule has 0 saturated carbocycles. The van der Waals surface area contributed by atoms with Crippen LogP contribution in [0.1, 0.15) is 6.42 Å². The first-order valence-corrected chi connectivity index (χ1v) is 6.60. The zero-order chi connectivity index (χ0) is 13.7. The Kier molecular flexibility index (Phi) is 4.63. The fourth-order valence-corrected chi connectivity index (χ4v) is 2.08. The average molecular weight is 263 g/mol. The Labute approximate surface area is 113 Å². The summed E-state index contributed by atoms with van der Waals surface area (Å²) in [5.74, 6) is 0.927. The van der Waals surface area contributed by atoms with E-state index in [0.29, 0.717) is 18.8 Å². The monoisotopic (exact) mass is 263 g/mol. The van der Waals surface area contributed by atoms with Crippen LogP contribution in [0.2, 0.25) is 0 Å². The van der Waals surface area contributed by atoms with Crippen molar-refractivity contribution in [2.24, 2.45) is 0 Å². The lowest BCUT2D eigenvalue weighted by molar-refractivity contribution is -0.134. The number of anilines is 1. The molecular weight excluding hydrogens is 242 g/mol. The SMILES string of the molecule is CN1CCN(CCCOc2ccccc2N)CC1=O.